The highest BCUT2D eigenvalue weighted by Gasteiger charge is 2.46. The van der Waals surface area contributed by atoms with Crippen molar-refractivity contribution in [3.63, 3.8) is 0 Å². The van der Waals surface area contributed by atoms with E-state index < -0.39 is 17.7 Å². The largest absolute Gasteiger partial charge is 0.508 e. The van der Waals surface area contributed by atoms with E-state index in [4.69, 9.17) is 16.3 Å². The van der Waals surface area contributed by atoms with Crippen LogP contribution < -0.4 is 4.74 Å². The summed E-state index contributed by atoms with van der Waals surface area (Å²) in [5.74, 6) is -1.61. The summed E-state index contributed by atoms with van der Waals surface area (Å²) in [6, 6.07) is 12.4. The summed E-state index contributed by atoms with van der Waals surface area (Å²) in [5.41, 5.74) is 1.51. The first-order valence-electron chi connectivity index (χ1n) is 9.76. The molecule has 1 amide bonds. The monoisotopic (exact) mass is 469 g/mol. The van der Waals surface area contributed by atoms with E-state index >= 15 is 0 Å². The average molecular weight is 470 g/mol. The van der Waals surface area contributed by atoms with Gasteiger partial charge in [-0.1, -0.05) is 29.8 Å². The predicted molar refractivity (Wildman–Crippen MR) is 123 cm³/mol. The number of methoxy groups -OCH3 is 1. The molecule has 0 spiro atoms. The number of aryl methyl sites for hydroxylation is 1. The fourth-order valence-electron chi connectivity index (χ4n) is 3.87. The number of amides is 1. The Morgan fingerprint density at radius 3 is 2.53 bits per heavy atom. The fraction of sp³-hybridized carbons (Fsp3) is 0.167. The molecule has 0 bridgehead atoms. The number of thiophene rings is 1. The number of halogens is 1. The Labute approximate surface area is 193 Å². The summed E-state index contributed by atoms with van der Waals surface area (Å²) in [7, 11) is 1.42. The third kappa shape index (κ3) is 3.85. The summed E-state index contributed by atoms with van der Waals surface area (Å²) in [5, 5.41) is 23.2. The van der Waals surface area contributed by atoms with Gasteiger partial charge in [0.25, 0.3) is 11.7 Å². The number of hydrogen-bond donors (Lipinski definition) is 2. The van der Waals surface area contributed by atoms with Crippen LogP contribution in [0.5, 0.6) is 11.5 Å². The average Bonchev–Trinajstić information content (AvgIpc) is 3.36. The van der Waals surface area contributed by atoms with Gasteiger partial charge in [-0.3, -0.25) is 9.59 Å². The standard InChI is InChI=1S/C24H20ClNO5S/c1-13-10-17(23(31-2)18(25)11-13)21(28)19-20(14-5-7-15(27)8-6-14)26(24(30)22(19)29)12-16-4-3-9-32-16/h3-11,20,27-28H,12H2,1-2H3/b21-19+. The number of hydrogen-bond acceptors (Lipinski definition) is 6. The van der Waals surface area contributed by atoms with E-state index in [2.05, 4.69) is 0 Å². The van der Waals surface area contributed by atoms with Crippen LogP contribution in [0.2, 0.25) is 5.02 Å². The minimum atomic E-state index is -0.846. The highest BCUT2D eigenvalue weighted by molar-refractivity contribution is 7.09. The SMILES string of the molecule is COc1c(Cl)cc(C)cc1/C(O)=C1\C(=O)C(=O)N(Cc2cccs2)C1c1ccc(O)cc1. The van der Waals surface area contributed by atoms with E-state index in [1.165, 1.54) is 35.5 Å². The van der Waals surface area contributed by atoms with E-state index in [1.54, 1.807) is 31.2 Å². The zero-order valence-electron chi connectivity index (χ0n) is 17.3. The van der Waals surface area contributed by atoms with Crippen LogP contribution in [0, 0.1) is 6.92 Å². The zero-order chi connectivity index (χ0) is 23.0. The summed E-state index contributed by atoms with van der Waals surface area (Å²) in [4.78, 5) is 28.5. The molecule has 0 radical (unpaired) electrons. The number of phenols is 1. The van der Waals surface area contributed by atoms with E-state index in [0.717, 1.165) is 10.4 Å². The van der Waals surface area contributed by atoms with E-state index in [9.17, 15) is 19.8 Å². The number of ether oxygens (including phenoxy) is 1. The molecule has 1 aromatic heterocycles. The lowest BCUT2D eigenvalue weighted by Gasteiger charge is -2.25. The molecule has 1 saturated heterocycles. The number of carbonyl (C=O) groups excluding carboxylic acids is 2. The number of aliphatic hydroxyl groups is 1. The first kappa shape index (κ1) is 21.9. The molecule has 1 aliphatic heterocycles. The van der Waals surface area contributed by atoms with Crippen molar-refractivity contribution in [2.75, 3.05) is 7.11 Å². The lowest BCUT2D eigenvalue weighted by Crippen LogP contribution is -2.28. The number of phenolic OH excluding ortho intramolecular Hbond substituents is 1. The normalized spacial score (nSPS) is 17.7. The van der Waals surface area contributed by atoms with Gasteiger partial charge in [-0.2, -0.15) is 0 Å². The highest BCUT2D eigenvalue weighted by Crippen LogP contribution is 2.43. The first-order chi connectivity index (χ1) is 15.3. The zero-order valence-corrected chi connectivity index (χ0v) is 18.9. The highest BCUT2D eigenvalue weighted by atomic mass is 35.5. The van der Waals surface area contributed by atoms with Gasteiger partial charge in [0.05, 0.1) is 35.9 Å². The molecule has 2 aromatic carbocycles. The van der Waals surface area contributed by atoms with Gasteiger partial charge in [0, 0.05) is 4.88 Å². The van der Waals surface area contributed by atoms with Gasteiger partial charge in [-0.15, -0.1) is 11.3 Å². The van der Waals surface area contributed by atoms with Crippen molar-refractivity contribution in [2.45, 2.75) is 19.5 Å². The number of Topliss-reactive ketones (excluding diaryl/α,β-unsaturated/α-hetero) is 1. The quantitative estimate of drug-likeness (QED) is 0.310. The fourth-order valence-corrected chi connectivity index (χ4v) is 4.93. The molecule has 3 aromatic rings. The Kier molecular flexibility index (Phi) is 5.95. The molecule has 2 heterocycles. The Balaban J connectivity index is 1.93. The summed E-state index contributed by atoms with van der Waals surface area (Å²) < 4.78 is 5.38. The first-order valence-corrected chi connectivity index (χ1v) is 11.0. The van der Waals surface area contributed by atoms with Crippen LogP contribution in [0.15, 0.2) is 59.5 Å². The van der Waals surface area contributed by atoms with E-state index in [0.29, 0.717) is 5.56 Å². The molecule has 2 N–H and O–H groups in total. The summed E-state index contributed by atoms with van der Waals surface area (Å²) in [6.45, 7) is 2.01. The number of rotatable bonds is 5. The van der Waals surface area contributed by atoms with Crippen molar-refractivity contribution in [2.24, 2.45) is 0 Å². The van der Waals surface area contributed by atoms with Gasteiger partial charge >= 0.3 is 0 Å². The van der Waals surface area contributed by atoms with Crippen LogP contribution in [0.4, 0.5) is 0 Å². The number of ketones is 1. The Morgan fingerprint density at radius 1 is 1.19 bits per heavy atom. The lowest BCUT2D eigenvalue weighted by atomic mass is 9.94. The number of aliphatic hydroxyl groups excluding tert-OH is 1. The summed E-state index contributed by atoms with van der Waals surface area (Å²) in [6.07, 6.45) is 0. The molecule has 1 fully saturated rings. The van der Waals surface area contributed by atoms with Crippen LogP contribution in [-0.2, 0) is 16.1 Å². The van der Waals surface area contributed by atoms with Crippen molar-refractivity contribution in [1.29, 1.82) is 0 Å². The van der Waals surface area contributed by atoms with Gasteiger partial charge in [0.1, 0.15) is 17.3 Å². The molecule has 32 heavy (non-hydrogen) atoms. The third-order valence-electron chi connectivity index (χ3n) is 5.30. The van der Waals surface area contributed by atoms with Gasteiger partial charge < -0.3 is 19.8 Å². The number of nitrogens with zero attached hydrogens (tertiary/aromatic N) is 1. The topological polar surface area (TPSA) is 87.1 Å². The smallest absolute Gasteiger partial charge is 0.295 e. The minimum Gasteiger partial charge on any atom is -0.508 e. The molecular formula is C24H20ClNO5S. The minimum absolute atomic E-state index is 0.0519. The van der Waals surface area contributed by atoms with Gasteiger partial charge in [-0.05, 0) is 53.8 Å². The van der Waals surface area contributed by atoms with Crippen LogP contribution >= 0.6 is 22.9 Å². The van der Waals surface area contributed by atoms with Gasteiger partial charge in [0.15, 0.2) is 0 Å². The van der Waals surface area contributed by atoms with Crippen molar-refractivity contribution in [3.05, 3.63) is 86.1 Å². The number of benzene rings is 2. The van der Waals surface area contributed by atoms with Crippen molar-refractivity contribution in [3.8, 4) is 11.5 Å². The number of carbonyl (C=O) groups is 2. The number of aromatic hydroxyl groups is 1. The third-order valence-corrected chi connectivity index (χ3v) is 6.44. The van der Waals surface area contributed by atoms with Crippen molar-refractivity contribution >= 4 is 40.4 Å². The molecule has 0 aliphatic carbocycles. The summed E-state index contributed by atoms with van der Waals surface area (Å²) >= 11 is 7.77. The second kappa shape index (κ2) is 8.68. The maximum Gasteiger partial charge on any atom is 0.295 e. The Morgan fingerprint density at radius 2 is 1.91 bits per heavy atom. The van der Waals surface area contributed by atoms with Crippen LogP contribution in [0.25, 0.3) is 5.76 Å². The lowest BCUT2D eigenvalue weighted by molar-refractivity contribution is -0.140. The Bertz CT molecular complexity index is 1220. The van der Waals surface area contributed by atoms with E-state index in [1.807, 2.05) is 17.5 Å². The van der Waals surface area contributed by atoms with Crippen LogP contribution in [0.3, 0.4) is 0 Å². The van der Waals surface area contributed by atoms with Crippen molar-refractivity contribution in [1.82, 2.24) is 4.90 Å². The van der Waals surface area contributed by atoms with Crippen LogP contribution in [-0.4, -0.2) is 33.9 Å². The molecule has 4 rings (SSSR count). The molecule has 164 valence electrons. The molecule has 0 saturated carbocycles. The molecule has 6 nitrogen and oxygen atoms in total. The second-order valence-corrected chi connectivity index (χ2v) is 8.86. The van der Waals surface area contributed by atoms with E-state index in [-0.39, 0.29) is 40.0 Å². The molecule has 8 heteroatoms. The number of likely N-dealkylation sites (tertiary alicyclic amines) is 1. The predicted octanol–water partition coefficient (Wildman–Crippen LogP) is 5.05. The molecule has 1 unspecified atom stereocenters. The van der Waals surface area contributed by atoms with Gasteiger partial charge in [-0.25, -0.2) is 0 Å². The van der Waals surface area contributed by atoms with Crippen molar-refractivity contribution < 1.29 is 24.5 Å². The molecule has 1 aliphatic rings. The second-order valence-electron chi connectivity index (χ2n) is 7.43. The van der Waals surface area contributed by atoms with Gasteiger partial charge in [0.2, 0.25) is 0 Å². The molecular weight excluding hydrogens is 450 g/mol. The Hall–Kier alpha value is -3.29. The van der Waals surface area contributed by atoms with Crippen LogP contribution in [0.1, 0.15) is 27.6 Å². The molecule has 1 atom stereocenters. The maximum absolute atomic E-state index is 13.2. The maximum atomic E-state index is 13.2.